The summed E-state index contributed by atoms with van der Waals surface area (Å²) >= 11 is 11.9. The molecule has 0 unspecified atom stereocenters. The first-order valence-corrected chi connectivity index (χ1v) is 5.08. The van der Waals surface area contributed by atoms with Crippen molar-refractivity contribution < 1.29 is 0 Å². The van der Waals surface area contributed by atoms with E-state index in [1.54, 1.807) is 0 Å². The molecule has 0 aliphatic rings. The van der Waals surface area contributed by atoms with Crippen molar-refractivity contribution in [3.05, 3.63) is 33.8 Å². The normalized spacial score (nSPS) is 10.4. The van der Waals surface area contributed by atoms with E-state index in [0.29, 0.717) is 0 Å². The number of halogens is 2. The van der Waals surface area contributed by atoms with Gasteiger partial charge in [0.2, 0.25) is 0 Å². The van der Waals surface area contributed by atoms with Gasteiger partial charge >= 0.3 is 0 Å². The summed E-state index contributed by atoms with van der Waals surface area (Å²) in [6.45, 7) is 1.00. The van der Waals surface area contributed by atoms with Crippen LogP contribution in [0.3, 0.4) is 0 Å². The highest BCUT2D eigenvalue weighted by molar-refractivity contribution is 6.33. The quantitative estimate of drug-likeness (QED) is 0.765. The van der Waals surface area contributed by atoms with Crippen LogP contribution in [0.25, 0.3) is 0 Å². The Balaban J connectivity index is 2.59. The van der Waals surface area contributed by atoms with E-state index in [4.69, 9.17) is 23.2 Å². The van der Waals surface area contributed by atoms with Crippen molar-refractivity contribution >= 4 is 23.2 Å². The summed E-state index contributed by atoms with van der Waals surface area (Å²) in [6, 6.07) is 5.59. The molecule has 1 aromatic rings. The van der Waals surface area contributed by atoms with Crippen molar-refractivity contribution in [3.8, 4) is 0 Å². The van der Waals surface area contributed by atoms with Gasteiger partial charge < -0.3 is 5.32 Å². The highest BCUT2D eigenvalue weighted by atomic mass is 35.5. The van der Waals surface area contributed by atoms with Crippen molar-refractivity contribution in [3.63, 3.8) is 0 Å². The van der Waals surface area contributed by atoms with E-state index >= 15 is 0 Å². The number of rotatable bonds is 4. The number of aryl methyl sites for hydroxylation is 1. The summed E-state index contributed by atoms with van der Waals surface area (Å²) in [5.41, 5.74) is 1.13. The minimum atomic E-state index is 0.754. The molecule has 13 heavy (non-hydrogen) atoms. The van der Waals surface area contributed by atoms with Crippen LogP contribution in [0.5, 0.6) is 0 Å². The van der Waals surface area contributed by atoms with Crippen LogP contribution in [0.15, 0.2) is 18.2 Å². The van der Waals surface area contributed by atoms with Crippen molar-refractivity contribution in [2.24, 2.45) is 0 Å². The maximum absolute atomic E-state index is 6.00. The highest BCUT2D eigenvalue weighted by Gasteiger charge is 2.00. The molecule has 0 heterocycles. The molecule has 0 saturated heterocycles. The van der Waals surface area contributed by atoms with Crippen molar-refractivity contribution in [2.45, 2.75) is 12.8 Å². The summed E-state index contributed by atoms with van der Waals surface area (Å²) in [6.07, 6.45) is 2.05. The first-order valence-electron chi connectivity index (χ1n) is 4.32. The predicted octanol–water partition coefficient (Wildman–Crippen LogP) is 3.15. The van der Waals surface area contributed by atoms with Gasteiger partial charge in [0.1, 0.15) is 0 Å². The van der Waals surface area contributed by atoms with E-state index in [0.717, 1.165) is 35.0 Å². The Hall–Kier alpha value is -0.240. The summed E-state index contributed by atoms with van der Waals surface area (Å²) < 4.78 is 0. The first kappa shape index (κ1) is 10.8. The largest absolute Gasteiger partial charge is 0.320 e. The van der Waals surface area contributed by atoms with Crippen LogP contribution in [-0.4, -0.2) is 13.6 Å². The third-order valence-electron chi connectivity index (χ3n) is 1.88. The van der Waals surface area contributed by atoms with E-state index in [2.05, 4.69) is 5.32 Å². The Morgan fingerprint density at radius 1 is 1.31 bits per heavy atom. The molecule has 3 heteroatoms. The second kappa shape index (κ2) is 5.48. The van der Waals surface area contributed by atoms with Gasteiger partial charge in [0, 0.05) is 10.0 Å². The van der Waals surface area contributed by atoms with Crippen LogP contribution in [0, 0.1) is 0 Å². The second-order valence-electron chi connectivity index (χ2n) is 2.94. The Bertz CT molecular complexity index is 274. The Morgan fingerprint density at radius 3 is 2.77 bits per heavy atom. The molecule has 0 spiro atoms. The zero-order valence-corrected chi connectivity index (χ0v) is 9.12. The lowest BCUT2D eigenvalue weighted by molar-refractivity contribution is 0.725. The van der Waals surface area contributed by atoms with E-state index in [9.17, 15) is 0 Å². The molecule has 0 aliphatic carbocycles. The number of hydrogen-bond donors (Lipinski definition) is 1. The molecule has 1 rings (SSSR count). The van der Waals surface area contributed by atoms with Gasteiger partial charge in [0.05, 0.1) is 0 Å². The molecular formula is C10H13Cl2N. The first-order chi connectivity index (χ1) is 6.24. The van der Waals surface area contributed by atoms with Gasteiger partial charge in [0.25, 0.3) is 0 Å². The zero-order chi connectivity index (χ0) is 9.68. The Kier molecular flexibility index (Phi) is 4.57. The lowest BCUT2D eigenvalue weighted by Crippen LogP contribution is -2.08. The molecule has 0 fully saturated rings. The Morgan fingerprint density at radius 2 is 2.08 bits per heavy atom. The van der Waals surface area contributed by atoms with Gasteiger partial charge in [-0.25, -0.2) is 0 Å². The van der Waals surface area contributed by atoms with Crippen LogP contribution in [0.4, 0.5) is 0 Å². The van der Waals surface area contributed by atoms with Gasteiger partial charge in [-0.15, -0.1) is 0 Å². The average molecular weight is 218 g/mol. The van der Waals surface area contributed by atoms with Gasteiger partial charge in [-0.05, 0) is 50.2 Å². The van der Waals surface area contributed by atoms with E-state index in [-0.39, 0.29) is 0 Å². The fourth-order valence-electron chi connectivity index (χ4n) is 1.19. The van der Waals surface area contributed by atoms with E-state index < -0.39 is 0 Å². The molecular weight excluding hydrogens is 205 g/mol. The van der Waals surface area contributed by atoms with Gasteiger partial charge in [-0.3, -0.25) is 0 Å². The van der Waals surface area contributed by atoms with E-state index in [1.807, 2.05) is 25.2 Å². The second-order valence-corrected chi connectivity index (χ2v) is 3.79. The van der Waals surface area contributed by atoms with Crippen LogP contribution < -0.4 is 5.32 Å². The molecule has 0 aromatic heterocycles. The fraction of sp³-hybridized carbons (Fsp3) is 0.400. The smallest absolute Gasteiger partial charge is 0.0439 e. The molecule has 72 valence electrons. The standard InChI is InChI=1S/C10H13Cl2N/c1-13-6-2-3-8-7-9(11)4-5-10(8)12/h4-5,7,13H,2-3,6H2,1H3. The van der Waals surface area contributed by atoms with Crippen LogP contribution in [0.1, 0.15) is 12.0 Å². The monoisotopic (exact) mass is 217 g/mol. The lowest BCUT2D eigenvalue weighted by Gasteiger charge is -2.04. The third-order valence-corrected chi connectivity index (χ3v) is 2.48. The minimum absolute atomic E-state index is 0.754. The average Bonchev–Trinajstić information content (AvgIpc) is 2.11. The molecule has 0 amide bonds. The maximum atomic E-state index is 6.00. The summed E-state index contributed by atoms with van der Waals surface area (Å²) in [5, 5.41) is 4.66. The fourth-order valence-corrected chi connectivity index (χ4v) is 1.60. The van der Waals surface area contributed by atoms with Gasteiger partial charge in [0.15, 0.2) is 0 Å². The van der Waals surface area contributed by atoms with Crippen molar-refractivity contribution in [1.82, 2.24) is 5.32 Å². The highest BCUT2D eigenvalue weighted by Crippen LogP contribution is 2.21. The number of hydrogen-bond acceptors (Lipinski definition) is 1. The topological polar surface area (TPSA) is 12.0 Å². The van der Waals surface area contributed by atoms with E-state index in [1.165, 1.54) is 0 Å². The van der Waals surface area contributed by atoms with Gasteiger partial charge in [-0.1, -0.05) is 23.2 Å². The molecule has 0 atom stereocenters. The zero-order valence-electron chi connectivity index (χ0n) is 7.61. The molecule has 0 bridgehead atoms. The van der Waals surface area contributed by atoms with Crippen LogP contribution in [-0.2, 0) is 6.42 Å². The van der Waals surface area contributed by atoms with Crippen molar-refractivity contribution in [2.75, 3.05) is 13.6 Å². The number of nitrogens with one attached hydrogen (secondary N) is 1. The molecule has 1 aromatic carbocycles. The lowest BCUT2D eigenvalue weighted by atomic mass is 10.1. The molecule has 0 saturated carbocycles. The predicted molar refractivity (Wildman–Crippen MR) is 58.7 cm³/mol. The number of benzene rings is 1. The minimum Gasteiger partial charge on any atom is -0.320 e. The SMILES string of the molecule is CNCCCc1cc(Cl)ccc1Cl. The summed E-state index contributed by atoms with van der Waals surface area (Å²) in [7, 11) is 1.94. The molecule has 1 nitrogen and oxygen atoms in total. The molecule has 0 aliphatic heterocycles. The molecule has 0 radical (unpaired) electrons. The maximum Gasteiger partial charge on any atom is 0.0439 e. The van der Waals surface area contributed by atoms with Crippen molar-refractivity contribution in [1.29, 1.82) is 0 Å². The third kappa shape index (κ3) is 3.55. The summed E-state index contributed by atoms with van der Waals surface area (Å²) in [4.78, 5) is 0. The Labute approximate surface area is 89.0 Å². The van der Waals surface area contributed by atoms with Gasteiger partial charge in [-0.2, -0.15) is 0 Å². The van der Waals surface area contributed by atoms with Crippen LogP contribution in [0.2, 0.25) is 10.0 Å². The molecule has 1 N–H and O–H groups in total. The summed E-state index contributed by atoms with van der Waals surface area (Å²) in [5.74, 6) is 0. The van der Waals surface area contributed by atoms with Crippen LogP contribution >= 0.6 is 23.2 Å².